The Morgan fingerprint density at radius 1 is 1.26 bits per heavy atom. The smallest absolute Gasteiger partial charge is 0.220 e. The second-order valence-corrected chi connectivity index (χ2v) is 9.12. The number of carbonyl (C=O) groups is 1. The molecule has 0 bridgehead atoms. The van der Waals surface area contributed by atoms with Crippen LogP contribution in [0.25, 0.3) is 0 Å². The van der Waals surface area contributed by atoms with E-state index in [1.54, 1.807) is 18.2 Å². The van der Waals surface area contributed by atoms with Crippen molar-refractivity contribution < 1.29 is 13.2 Å². The van der Waals surface area contributed by atoms with Gasteiger partial charge in [0.1, 0.15) is 0 Å². The number of aryl methyl sites for hydroxylation is 2. The third-order valence-electron chi connectivity index (χ3n) is 4.92. The molecule has 1 heterocycles. The van der Waals surface area contributed by atoms with Gasteiger partial charge in [-0.1, -0.05) is 13.0 Å². The first-order valence-corrected chi connectivity index (χ1v) is 10.8. The molecule has 1 aliphatic rings. The van der Waals surface area contributed by atoms with E-state index in [-0.39, 0.29) is 18.1 Å². The van der Waals surface area contributed by atoms with Gasteiger partial charge < -0.3 is 5.32 Å². The first-order valence-electron chi connectivity index (χ1n) is 9.18. The first-order chi connectivity index (χ1) is 12.7. The Kier molecular flexibility index (Phi) is 6.77. The molecule has 1 aromatic rings. The highest BCUT2D eigenvalue weighted by Gasteiger charge is 2.39. The fourth-order valence-electron chi connectivity index (χ4n) is 2.81. The molecule has 0 aliphatic carbocycles. The van der Waals surface area contributed by atoms with Crippen molar-refractivity contribution in [2.24, 2.45) is 10.2 Å². The van der Waals surface area contributed by atoms with Crippen molar-refractivity contribution in [1.29, 1.82) is 0 Å². The van der Waals surface area contributed by atoms with Crippen LogP contribution in [-0.2, 0) is 14.6 Å². The zero-order valence-corrected chi connectivity index (χ0v) is 17.0. The van der Waals surface area contributed by atoms with Gasteiger partial charge in [0.05, 0.1) is 10.6 Å². The van der Waals surface area contributed by atoms with Crippen LogP contribution in [0.2, 0.25) is 0 Å². The van der Waals surface area contributed by atoms with Crippen LogP contribution >= 0.6 is 0 Å². The summed E-state index contributed by atoms with van der Waals surface area (Å²) >= 11 is 0. The van der Waals surface area contributed by atoms with E-state index in [2.05, 4.69) is 21.5 Å². The maximum Gasteiger partial charge on any atom is 0.220 e. The Morgan fingerprint density at radius 3 is 2.52 bits per heavy atom. The van der Waals surface area contributed by atoms with Crippen molar-refractivity contribution in [3.8, 4) is 12.3 Å². The Hall–Kier alpha value is -2.20. The topological polar surface area (TPSA) is 88.0 Å². The Balaban J connectivity index is 1.91. The van der Waals surface area contributed by atoms with Gasteiger partial charge in [0, 0.05) is 31.7 Å². The van der Waals surface area contributed by atoms with Crippen LogP contribution in [0.15, 0.2) is 33.3 Å². The number of amides is 1. The van der Waals surface area contributed by atoms with E-state index in [1.807, 2.05) is 20.8 Å². The molecule has 0 saturated carbocycles. The third-order valence-corrected chi connectivity index (χ3v) is 6.73. The molecule has 27 heavy (non-hydrogen) atoms. The number of nitrogens with zero attached hydrogens (tertiary/aromatic N) is 2. The number of sulfone groups is 1. The van der Waals surface area contributed by atoms with Crippen LogP contribution in [0, 0.1) is 26.2 Å². The zero-order chi connectivity index (χ0) is 20.1. The molecule has 0 aromatic heterocycles. The minimum Gasteiger partial charge on any atom is -0.352 e. The van der Waals surface area contributed by atoms with Crippen molar-refractivity contribution in [3.63, 3.8) is 0 Å². The van der Waals surface area contributed by atoms with E-state index in [0.717, 1.165) is 11.1 Å². The number of nitrogens with one attached hydrogen (secondary N) is 1. The lowest BCUT2D eigenvalue weighted by molar-refractivity contribution is -0.121. The van der Waals surface area contributed by atoms with Crippen LogP contribution in [0.4, 0.5) is 0 Å². The average molecular weight is 390 g/mol. The molecule has 0 fully saturated rings. The molecular formula is C20H27N3O3S. The summed E-state index contributed by atoms with van der Waals surface area (Å²) in [5.74, 6) is 2.25. The van der Waals surface area contributed by atoms with Gasteiger partial charge in [-0.3, -0.25) is 4.79 Å². The molecule has 1 aromatic carbocycles. The van der Waals surface area contributed by atoms with Crippen molar-refractivity contribution in [2.75, 3.05) is 5.75 Å². The van der Waals surface area contributed by atoms with Gasteiger partial charge in [-0.05, 0) is 43.5 Å². The molecule has 0 radical (unpaired) electrons. The molecule has 7 heteroatoms. The lowest BCUT2D eigenvalue weighted by Crippen LogP contribution is -2.39. The van der Waals surface area contributed by atoms with Crippen LogP contribution in [0.1, 0.15) is 50.2 Å². The summed E-state index contributed by atoms with van der Waals surface area (Å²) in [7, 11) is -3.47. The first kappa shape index (κ1) is 21.1. The van der Waals surface area contributed by atoms with Gasteiger partial charge >= 0.3 is 0 Å². The van der Waals surface area contributed by atoms with Crippen LogP contribution in [-0.4, -0.2) is 31.8 Å². The summed E-state index contributed by atoms with van der Waals surface area (Å²) in [6, 6.07) is 4.68. The molecule has 0 spiro atoms. The number of hydrogen-bond donors (Lipinski definition) is 1. The van der Waals surface area contributed by atoms with Crippen LogP contribution in [0.5, 0.6) is 0 Å². The fourth-order valence-corrected chi connectivity index (χ4v) is 4.48. The van der Waals surface area contributed by atoms with Gasteiger partial charge in [0.25, 0.3) is 0 Å². The highest BCUT2D eigenvalue weighted by Crippen LogP contribution is 2.37. The second kappa shape index (κ2) is 8.66. The number of terminal acetylenes is 1. The molecule has 146 valence electrons. The molecule has 2 rings (SSSR count). The molecule has 1 aliphatic heterocycles. The largest absolute Gasteiger partial charge is 0.352 e. The summed E-state index contributed by atoms with van der Waals surface area (Å²) < 4.78 is 25.4. The normalized spacial score (nSPS) is 15.8. The lowest BCUT2D eigenvalue weighted by Gasteiger charge is -2.18. The number of carbonyl (C=O) groups excluding carboxylic acids is 1. The van der Waals surface area contributed by atoms with E-state index in [0.29, 0.717) is 30.6 Å². The summed E-state index contributed by atoms with van der Waals surface area (Å²) in [6.07, 6.45) is 7.76. The van der Waals surface area contributed by atoms with E-state index in [4.69, 9.17) is 6.42 Å². The summed E-state index contributed by atoms with van der Waals surface area (Å²) in [5, 5.41) is 10.9. The molecule has 1 unspecified atom stereocenters. The fraction of sp³-hybridized carbons (Fsp3) is 0.550. The number of hydrogen-bond acceptors (Lipinski definition) is 5. The second-order valence-electron chi connectivity index (χ2n) is 7.09. The van der Waals surface area contributed by atoms with Crippen molar-refractivity contribution in [3.05, 3.63) is 29.3 Å². The van der Waals surface area contributed by atoms with Gasteiger partial charge in [0.15, 0.2) is 15.5 Å². The molecule has 1 amide bonds. The Morgan fingerprint density at radius 2 is 1.96 bits per heavy atom. The predicted molar refractivity (Wildman–Crippen MR) is 105 cm³/mol. The average Bonchev–Trinajstić information content (AvgIpc) is 3.40. The summed E-state index contributed by atoms with van der Waals surface area (Å²) in [4.78, 5) is 12.5. The minimum atomic E-state index is -3.47. The molecule has 6 nitrogen and oxygen atoms in total. The lowest BCUT2D eigenvalue weighted by atomic mass is 10.0. The number of benzene rings is 1. The van der Waals surface area contributed by atoms with Crippen LogP contribution < -0.4 is 5.32 Å². The highest BCUT2D eigenvalue weighted by molar-refractivity contribution is 7.91. The predicted octanol–water partition coefficient (Wildman–Crippen LogP) is 3.33. The Labute approximate surface area is 161 Å². The maximum atomic E-state index is 12.7. The van der Waals surface area contributed by atoms with Crippen molar-refractivity contribution in [1.82, 2.24) is 5.32 Å². The monoisotopic (exact) mass is 389 g/mol. The summed E-state index contributed by atoms with van der Waals surface area (Å²) in [5.41, 5.74) is 1.48. The number of rotatable bonds is 10. The third kappa shape index (κ3) is 5.90. The van der Waals surface area contributed by atoms with Gasteiger partial charge in [-0.2, -0.15) is 10.2 Å². The van der Waals surface area contributed by atoms with Crippen LogP contribution in [0.3, 0.4) is 0 Å². The molecule has 1 atom stereocenters. The quantitative estimate of drug-likeness (QED) is 0.623. The highest BCUT2D eigenvalue weighted by atomic mass is 32.2. The van der Waals surface area contributed by atoms with E-state index in [1.165, 1.54) is 0 Å². The van der Waals surface area contributed by atoms with Gasteiger partial charge in [-0.15, -0.1) is 12.3 Å². The zero-order valence-electron chi connectivity index (χ0n) is 16.2. The van der Waals surface area contributed by atoms with Gasteiger partial charge in [0.2, 0.25) is 5.91 Å². The Bertz CT molecular complexity index is 863. The van der Waals surface area contributed by atoms with Gasteiger partial charge in [-0.25, -0.2) is 8.42 Å². The molecule has 1 N–H and O–H groups in total. The van der Waals surface area contributed by atoms with Crippen molar-refractivity contribution >= 4 is 15.7 Å². The SMILES string of the molecule is C#CCCC1(CCC(=O)NC(CC)CS(=O)(=O)c2ccc(C)c(C)c2)N=N1. The maximum absolute atomic E-state index is 12.7. The minimum absolute atomic E-state index is 0.116. The van der Waals surface area contributed by atoms with E-state index >= 15 is 0 Å². The molecular weight excluding hydrogens is 362 g/mol. The standard InChI is InChI=1S/C20H27N3O3S/c1-5-7-11-20(22-23-20)12-10-19(24)21-17(6-2)14-27(25,26)18-9-8-15(3)16(4)13-18/h1,8-9,13,17H,6-7,10-12,14H2,2-4H3,(H,21,24). The van der Waals surface area contributed by atoms with E-state index in [9.17, 15) is 13.2 Å². The summed E-state index contributed by atoms with van der Waals surface area (Å²) in [6.45, 7) is 5.69. The van der Waals surface area contributed by atoms with E-state index < -0.39 is 21.5 Å². The molecule has 0 saturated heterocycles. The van der Waals surface area contributed by atoms with Crippen molar-refractivity contribution in [2.45, 2.75) is 69.5 Å².